The van der Waals surface area contributed by atoms with Gasteiger partial charge in [-0.05, 0) is 30.4 Å². The molecule has 1 saturated heterocycles. The highest BCUT2D eigenvalue weighted by Crippen LogP contribution is 2.33. The van der Waals surface area contributed by atoms with E-state index in [9.17, 15) is 4.79 Å². The number of para-hydroxylation sites is 1. The van der Waals surface area contributed by atoms with E-state index in [4.69, 9.17) is 0 Å². The molecule has 6 heteroatoms. The van der Waals surface area contributed by atoms with Gasteiger partial charge in [0.15, 0.2) is 5.13 Å². The second-order valence-electron chi connectivity index (χ2n) is 5.82. The predicted octanol–water partition coefficient (Wildman–Crippen LogP) is 4.04. The van der Waals surface area contributed by atoms with Gasteiger partial charge < -0.3 is 9.88 Å². The molecule has 23 heavy (non-hydrogen) atoms. The van der Waals surface area contributed by atoms with Crippen molar-refractivity contribution in [3.63, 3.8) is 0 Å². The Balaban J connectivity index is 1.42. The number of rotatable bonds is 2. The standard InChI is InChI=1S/C17H18N4OS/c22-17(20-16-18-7-10-23-16)21-8-5-12(6-9-21)14-11-19-15-4-2-1-3-13(14)15/h1-4,7,10-12,19H,5-6,8-9H2,(H,18,20,22). The first-order valence-electron chi connectivity index (χ1n) is 7.83. The van der Waals surface area contributed by atoms with Crippen LogP contribution in [0, 0.1) is 0 Å². The first kappa shape index (κ1) is 14.3. The number of nitrogens with one attached hydrogen (secondary N) is 2. The number of thiazole rings is 1. The van der Waals surface area contributed by atoms with Crippen LogP contribution in [0.15, 0.2) is 42.0 Å². The Morgan fingerprint density at radius 2 is 2.13 bits per heavy atom. The SMILES string of the molecule is O=C(Nc1nccs1)N1CCC(c2c[nH]c3ccccc23)CC1. The monoisotopic (exact) mass is 326 g/mol. The van der Waals surface area contributed by atoms with Gasteiger partial charge in [-0.1, -0.05) is 18.2 Å². The fraction of sp³-hybridized carbons (Fsp3) is 0.294. The molecular formula is C17H18N4OS. The van der Waals surface area contributed by atoms with Crippen molar-refractivity contribution in [1.29, 1.82) is 0 Å². The van der Waals surface area contributed by atoms with E-state index in [0.717, 1.165) is 25.9 Å². The normalized spacial score (nSPS) is 15.9. The first-order chi connectivity index (χ1) is 11.3. The minimum Gasteiger partial charge on any atom is -0.361 e. The molecule has 0 unspecified atom stereocenters. The molecule has 0 aliphatic carbocycles. The van der Waals surface area contributed by atoms with E-state index < -0.39 is 0 Å². The van der Waals surface area contributed by atoms with E-state index in [1.54, 1.807) is 6.20 Å². The fourth-order valence-electron chi connectivity index (χ4n) is 3.28. The number of amides is 2. The number of hydrogen-bond acceptors (Lipinski definition) is 3. The molecule has 0 saturated carbocycles. The van der Waals surface area contributed by atoms with Gasteiger partial charge in [0.2, 0.25) is 0 Å². The number of urea groups is 1. The average Bonchev–Trinajstić information content (AvgIpc) is 3.24. The summed E-state index contributed by atoms with van der Waals surface area (Å²) in [5.41, 5.74) is 2.56. The van der Waals surface area contributed by atoms with E-state index in [2.05, 4.69) is 39.7 Å². The third-order valence-corrected chi connectivity index (χ3v) is 5.18. The molecule has 1 aliphatic rings. The first-order valence-corrected chi connectivity index (χ1v) is 8.70. The van der Waals surface area contributed by atoms with Crippen molar-refractivity contribution in [2.75, 3.05) is 18.4 Å². The second-order valence-corrected chi connectivity index (χ2v) is 6.71. The van der Waals surface area contributed by atoms with Gasteiger partial charge >= 0.3 is 6.03 Å². The lowest BCUT2D eigenvalue weighted by molar-refractivity contribution is 0.195. The third-order valence-electron chi connectivity index (χ3n) is 4.49. The molecular weight excluding hydrogens is 308 g/mol. The molecule has 2 amide bonds. The number of nitrogens with zero attached hydrogens (tertiary/aromatic N) is 2. The molecule has 118 valence electrons. The number of likely N-dealkylation sites (tertiary alicyclic amines) is 1. The average molecular weight is 326 g/mol. The Bertz CT molecular complexity index is 803. The van der Waals surface area contributed by atoms with Gasteiger partial charge in [0.05, 0.1) is 0 Å². The molecule has 5 nitrogen and oxygen atoms in total. The van der Waals surface area contributed by atoms with Crippen LogP contribution in [-0.4, -0.2) is 34.0 Å². The molecule has 2 aromatic heterocycles. The Kier molecular flexibility index (Phi) is 3.75. The Hall–Kier alpha value is -2.34. The van der Waals surface area contributed by atoms with Gasteiger partial charge in [0.1, 0.15) is 0 Å². The summed E-state index contributed by atoms with van der Waals surface area (Å²) < 4.78 is 0. The molecule has 0 radical (unpaired) electrons. The summed E-state index contributed by atoms with van der Waals surface area (Å²) in [6.45, 7) is 1.56. The minimum absolute atomic E-state index is 0.0441. The van der Waals surface area contributed by atoms with E-state index in [0.29, 0.717) is 11.0 Å². The highest BCUT2D eigenvalue weighted by atomic mass is 32.1. The molecule has 1 aliphatic heterocycles. The summed E-state index contributed by atoms with van der Waals surface area (Å²) >= 11 is 1.44. The lowest BCUT2D eigenvalue weighted by Gasteiger charge is -2.31. The van der Waals surface area contributed by atoms with Gasteiger partial charge in [0, 0.05) is 41.8 Å². The zero-order valence-electron chi connectivity index (χ0n) is 12.7. The minimum atomic E-state index is -0.0441. The molecule has 0 atom stereocenters. The summed E-state index contributed by atoms with van der Waals surface area (Å²) in [4.78, 5) is 21.6. The quantitative estimate of drug-likeness (QED) is 0.747. The van der Waals surface area contributed by atoms with Crippen LogP contribution in [0.4, 0.5) is 9.93 Å². The summed E-state index contributed by atoms with van der Waals surface area (Å²) in [6, 6.07) is 8.36. The summed E-state index contributed by atoms with van der Waals surface area (Å²) in [6.07, 6.45) is 5.81. The van der Waals surface area contributed by atoms with Crippen molar-refractivity contribution >= 4 is 33.4 Å². The molecule has 4 rings (SSSR count). The molecule has 2 N–H and O–H groups in total. The molecule has 0 spiro atoms. The van der Waals surface area contributed by atoms with Crippen molar-refractivity contribution in [3.05, 3.63) is 47.6 Å². The van der Waals surface area contributed by atoms with Crippen LogP contribution in [0.25, 0.3) is 10.9 Å². The lowest BCUT2D eigenvalue weighted by atomic mass is 9.89. The summed E-state index contributed by atoms with van der Waals surface area (Å²) in [5.74, 6) is 0.509. The number of H-pyrrole nitrogens is 1. The maximum absolute atomic E-state index is 12.2. The van der Waals surface area contributed by atoms with Gasteiger partial charge in [0.25, 0.3) is 0 Å². The van der Waals surface area contributed by atoms with Crippen LogP contribution in [-0.2, 0) is 0 Å². The smallest absolute Gasteiger partial charge is 0.323 e. The lowest BCUT2D eigenvalue weighted by Crippen LogP contribution is -2.40. The van der Waals surface area contributed by atoms with Crippen molar-refractivity contribution < 1.29 is 4.79 Å². The zero-order chi connectivity index (χ0) is 15.6. The van der Waals surface area contributed by atoms with Crippen LogP contribution in [0.1, 0.15) is 24.3 Å². The maximum atomic E-state index is 12.2. The number of piperidine rings is 1. The van der Waals surface area contributed by atoms with Gasteiger partial charge in [-0.25, -0.2) is 9.78 Å². The van der Waals surface area contributed by atoms with Crippen LogP contribution in [0.3, 0.4) is 0 Å². The van der Waals surface area contributed by atoms with Gasteiger partial charge in [-0.15, -0.1) is 11.3 Å². The van der Waals surface area contributed by atoms with Crippen molar-refractivity contribution in [3.8, 4) is 0 Å². The predicted molar refractivity (Wildman–Crippen MR) is 93.0 cm³/mol. The highest BCUT2D eigenvalue weighted by molar-refractivity contribution is 7.13. The number of carbonyl (C=O) groups is 1. The largest absolute Gasteiger partial charge is 0.361 e. The Morgan fingerprint density at radius 3 is 2.91 bits per heavy atom. The molecule has 3 heterocycles. The molecule has 1 fully saturated rings. The van der Waals surface area contributed by atoms with Gasteiger partial charge in [-0.2, -0.15) is 0 Å². The fourth-order valence-corrected chi connectivity index (χ4v) is 3.80. The molecule has 3 aromatic rings. The number of fused-ring (bicyclic) bond motifs is 1. The van der Waals surface area contributed by atoms with E-state index >= 15 is 0 Å². The number of hydrogen-bond donors (Lipinski definition) is 2. The topological polar surface area (TPSA) is 61.0 Å². The van der Waals surface area contributed by atoms with Crippen molar-refractivity contribution in [2.45, 2.75) is 18.8 Å². The van der Waals surface area contributed by atoms with E-state index in [-0.39, 0.29) is 6.03 Å². The Labute approximate surface area is 138 Å². The number of anilines is 1. The van der Waals surface area contributed by atoms with Crippen LogP contribution >= 0.6 is 11.3 Å². The van der Waals surface area contributed by atoms with E-state index in [1.807, 2.05) is 16.3 Å². The molecule has 0 bridgehead atoms. The zero-order valence-corrected chi connectivity index (χ0v) is 13.5. The second kappa shape index (κ2) is 6.04. The van der Waals surface area contributed by atoms with Crippen molar-refractivity contribution in [2.24, 2.45) is 0 Å². The number of carbonyl (C=O) groups excluding carboxylic acids is 1. The van der Waals surface area contributed by atoms with E-state index in [1.165, 1.54) is 27.8 Å². The highest BCUT2D eigenvalue weighted by Gasteiger charge is 2.25. The van der Waals surface area contributed by atoms with Gasteiger partial charge in [-0.3, -0.25) is 5.32 Å². The number of benzene rings is 1. The van der Waals surface area contributed by atoms with Crippen molar-refractivity contribution in [1.82, 2.24) is 14.9 Å². The van der Waals surface area contributed by atoms with Crippen LogP contribution < -0.4 is 5.32 Å². The van der Waals surface area contributed by atoms with Crippen LogP contribution in [0.5, 0.6) is 0 Å². The maximum Gasteiger partial charge on any atom is 0.323 e. The summed E-state index contributed by atoms with van der Waals surface area (Å²) in [7, 11) is 0. The number of aromatic amines is 1. The number of aromatic nitrogens is 2. The van der Waals surface area contributed by atoms with Crippen LogP contribution in [0.2, 0.25) is 0 Å². The Morgan fingerprint density at radius 1 is 1.30 bits per heavy atom. The third kappa shape index (κ3) is 2.82. The molecule has 1 aromatic carbocycles. The summed E-state index contributed by atoms with van der Waals surface area (Å²) in [5, 5.41) is 6.68.